The van der Waals surface area contributed by atoms with Crippen molar-refractivity contribution >= 4 is 11.8 Å². The lowest BCUT2D eigenvalue weighted by Gasteiger charge is -2.34. The van der Waals surface area contributed by atoms with E-state index < -0.39 is 0 Å². The van der Waals surface area contributed by atoms with Gasteiger partial charge in [0.2, 0.25) is 11.8 Å². The van der Waals surface area contributed by atoms with E-state index in [0.717, 1.165) is 18.8 Å². The van der Waals surface area contributed by atoms with Gasteiger partial charge in [-0.2, -0.15) is 0 Å². The third kappa shape index (κ3) is 6.74. The lowest BCUT2D eigenvalue weighted by molar-refractivity contribution is -0.133. The van der Waals surface area contributed by atoms with Gasteiger partial charge >= 0.3 is 0 Å². The Morgan fingerprint density at radius 2 is 1.76 bits per heavy atom. The molecule has 1 aromatic rings. The summed E-state index contributed by atoms with van der Waals surface area (Å²) in [6, 6.07) is 7.98. The van der Waals surface area contributed by atoms with Crippen LogP contribution in [0.4, 0.5) is 0 Å². The normalized spacial score (nSPS) is 15.3. The molecule has 1 aliphatic rings. The van der Waals surface area contributed by atoms with Crippen molar-refractivity contribution in [2.75, 3.05) is 39.3 Å². The first kappa shape index (κ1) is 19.2. The van der Waals surface area contributed by atoms with E-state index in [9.17, 15) is 9.59 Å². The molecule has 0 spiro atoms. The molecule has 0 bridgehead atoms. The van der Waals surface area contributed by atoms with Crippen molar-refractivity contribution in [2.24, 2.45) is 0 Å². The predicted octanol–water partition coefficient (Wildman–Crippen LogP) is 1.43. The van der Waals surface area contributed by atoms with Crippen molar-refractivity contribution < 1.29 is 14.3 Å². The molecule has 6 heteroatoms. The van der Waals surface area contributed by atoms with E-state index in [4.69, 9.17) is 4.74 Å². The van der Waals surface area contributed by atoms with Crippen LogP contribution in [-0.4, -0.2) is 67.0 Å². The van der Waals surface area contributed by atoms with Crippen LogP contribution in [0.15, 0.2) is 24.3 Å². The number of amides is 2. The van der Waals surface area contributed by atoms with Crippen molar-refractivity contribution in [1.82, 2.24) is 15.1 Å². The fourth-order valence-corrected chi connectivity index (χ4v) is 2.77. The monoisotopic (exact) mass is 347 g/mol. The Kier molecular flexibility index (Phi) is 7.25. The third-order valence-corrected chi connectivity index (χ3v) is 4.15. The predicted molar refractivity (Wildman–Crippen MR) is 97.6 cm³/mol. The van der Waals surface area contributed by atoms with Crippen LogP contribution in [-0.2, 0) is 9.59 Å². The van der Waals surface area contributed by atoms with Crippen molar-refractivity contribution in [2.45, 2.75) is 33.2 Å². The van der Waals surface area contributed by atoms with Gasteiger partial charge in [-0.25, -0.2) is 0 Å². The standard InChI is InChI=1S/C19H29N3O3/c1-15(2)20-18(23)14-21-9-11-22(12-10-21)19(24)8-13-25-17-6-4-16(3)5-7-17/h4-7,15H,8-14H2,1-3H3,(H,20,23). The zero-order chi connectivity index (χ0) is 18.2. The Bertz CT molecular complexity index is 564. The Labute approximate surface area is 150 Å². The minimum absolute atomic E-state index is 0.0428. The maximum absolute atomic E-state index is 12.3. The quantitative estimate of drug-likeness (QED) is 0.811. The first-order valence-electron chi connectivity index (χ1n) is 8.93. The smallest absolute Gasteiger partial charge is 0.234 e. The molecular formula is C19H29N3O3. The molecule has 2 rings (SSSR count). The van der Waals surface area contributed by atoms with Crippen molar-refractivity contribution in [3.63, 3.8) is 0 Å². The topological polar surface area (TPSA) is 61.9 Å². The largest absolute Gasteiger partial charge is 0.493 e. The summed E-state index contributed by atoms with van der Waals surface area (Å²) in [7, 11) is 0. The summed E-state index contributed by atoms with van der Waals surface area (Å²) >= 11 is 0. The molecule has 0 unspecified atom stereocenters. The maximum Gasteiger partial charge on any atom is 0.234 e. The highest BCUT2D eigenvalue weighted by Crippen LogP contribution is 2.12. The molecule has 1 saturated heterocycles. The van der Waals surface area contributed by atoms with Gasteiger partial charge in [0.1, 0.15) is 5.75 Å². The highest BCUT2D eigenvalue weighted by molar-refractivity contribution is 5.78. The zero-order valence-electron chi connectivity index (χ0n) is 15.5. The van der Waals surface area contributed by atoms with Crippen molar-refractivity contribution in [3.8, 4) is 5.75 Å². The van der Waals surface area contributed by atoms with Gasteiger partial charge in [0.15, 0.2) is 0 Å². The Morgan fingerprint density at radius 3 is 2.36 bits per heavy atom. The van der Waals surface area contributed by atoms with Crippen LogP contribution in [0.1, 0.15) is 25.8 Å². The minimum Gasteiger partial charge on any atom is -0.493 e. The van der Waals surface area contributed by atoms with E-state index in [1.54, 1.807) is 0 Å². The molecule has 0 aliphatic carbocycles. The Balaban J connectivity index is 1.65. The molecule has 0 saturated carbocycles. The van der Waals surface area contributed by atoms with E-state index in [1.807, 2.05) is 49.9 Å². The van der Waals surface area contributed by atoms with Crippen LogP contribution in [0.3, 0.4) is 0 Å². The van der Waals surface area contributed by atoms with Crippen LogP contribution in [0, 0.1) is 6.92 Å². The molecule has 1 heterocycles. The summed E-state index contributed by atoms with van der Waals surface area (Å²) < 4.78 is 5.62. The molecule has 25 heavy (non-hydrogen) atoms. The fraction of sp³-hybridized carbons (Fsp3) is 0.579. The van der Waals surface area contributed by atoms with E-state index in [0.29, 0.717) is 32.7 Å². The van der Waals surface area contributed by atoms with Crippen molar-refractivity contribution in [1.29, 1.82) is 0 Å². The van der Waals surface area contributed by atoms with Gasteiger partial charge < -0.3 is 15.0 Å². The van der Waals surface area contributed by atoms with E-state index >= 15 is 0 Å². The van der Waals surface area contributed by atoms with Gasteiger partial charge in [-0.05, 0) is 32.9 Å². The second kappa shape index (κ2) is 9.42. The number of carbonyl (C=O) groups is 2. The first-order chi connectivity index (χ1) is 11.9. The highest BCUT2D eigenvalue weighted by Gasteiger charge is 2.22. The molecule has 2 amide bonds. The molecule has 1 aliphatic heterocycles. The lowest BCUT2D eigenvalue weighted by Crippen LogP contribution is -2.51. The number of nitrogens with one attached hydrogen (secondary N) is 1. The van der Waals surface area contributed by atoms with Gasteiger partial charge in [0.25, 0.3) is 0 Å². The summed E-state index contributed by atoms with van der Waals surface area (Å²) in [5.41, 5.74) is 1.18. The van der Waals surface area contributed by atoms with Crippen LogP contribution in [0.25, 0.3) is 0 Å². The van der Waals surface area contributed by atoms with E-state index in [1.165, 1.54) is 5.56 Å². The van der Waals surface area contributed by atoms with Crippen LogP contribution in [0.5, 0.6) is 5.75 Å². The fourth-order valence-electron chi connectivity index (χ4n) is 2.77. The van der Waals surface area contributed by atoms with Gasteiger partial charge in [-0.3, -0.25) is 14.5 Å². The van der Waals surface area contributed by atoms with E-state index in [-0.39, 0.29) is 17.9 Å². The molecule has 0 aromatic heterocycles. The van der Waals surface area contributed by atoms with Gasteiger partial charge in [0.05, 0.1) is 19.6 Å². The zero-order valence-corrected chi connectivity index (χ0v) is 15.5. The molecular weight excluding hydrogens is 318 g/mol. The molecule has 0 atom stereocenters. The van der Waals surface area contributed by atoms with Crippen LogP contribution in [0.2, 0.25) is 0 Å². The number of benzene rings is 1. The lowest BCUT2D eigenvalue weighted by atomic mass is 10.2. The summed E-state index contributed by atoms with van der Waals surface area (Å²) in [4.78, 5) is 28.0. The van der Waals surface area contributed by atoms with E-state index in [2.05, 4.69) is 10.2 Å². The number of aryl methyl sites for hydroxylation is 1. The van der Waals surface area contributed by atoms with Crippen LogP contribution < -0.4 is 10.1 Å². The Morgan fingerprint density at radius 1 is 1.12 bits per heavy atom. The summed E-state index contributed by atoms with van der Waals surface area (Å²) in [6.45, 7) is 9.51. The van der Waals surface area contributed by atoms with Gasteiger partial charge in [-0.15, -0.1) is 0 Å². The second-order valence-electron chi connectivity index (χ2n) is 6.79. The molecule has 138 valence electrons. The molecule has 1 fully saturated rings. The van der Waals surface area contributed by atoms with Crippen LogP contribution >= 0.6 is 0 Å². The average molecular weight is 347 g/mol. The average Bonchev–Trinajstić information content (AvgIpc) is 2.56. The number of hydrogen-bond acceptors (Lipinski definition) is 4. The highest BCUT2D eigenvalue weighted by atomic mass is 16.5. The molecule has 1 N–H and O–H groups in total. The van der Waals surface area contributed by atoms with Gasteiger partial charge in [-0.1, -0.05) is 17.7 Å². The summed E-state index contributed by atoms with van der Waals surface area (Å²) in [6.07, 6.45) is 0.377. The third-order valence-electron chi connectivity index (χ3n) is 4.15. The maximum atomic E-state index is 12.3. The number of hydrogen-bond donors (Lipinski definition) is 1. The van der Waals surface area contributed by atoms with Crippen molar-refractivity contribution in [3.05, 3.63) is 29.8 Å². The SMILES string of the molecule is Cc1ccc(OCCC(=O)N2CCN(CC(=O)NC(C)C)CC2)cc1. The minimum atomic E-state index is 0.0428. The number of piperazine rings is 1. The summed E-state index contributed by atoms with van der Waals surface area (Å²) in [5, 5.41) is 2.89. The number of carbonyl (C=O) groups excluding carboxylic acids is 2. The van der Waals surface area contributed by atoms with Gasteiger partial charge in [0, 0.05) is 32.2 Å². The summed E-state index contributed by atoms with van der Waals surface area (Å²) in [5.74, 6) is 0.944. The number of nitrogens with zero attached hydrogens (tertiary/aromatic N) is 2. The Hall–Kier alpha value is -2.08. The molecule has 1 aromatic carbocycles. The molecule has 0 radical (unpaired) electrons. The first-order valence-corrected chi connectivity index (χ1v) is 8.93. The second-order valence-corrected chi connectivity index (χ2v) is 6.79. The number of rotatable bonds is 7. The number of ether oxygens (including phenoxy) is 1. The molecule has 6 nitrogen and oxygen atoms in total.